The van der Waals surface area contributed by atoms with E-state index >= 15 is 0 Å². The fourth-order valence-corrected chi connectivity index (χ4v) is 2.88. The highest BCUT2D eigenvalue weighted by molar-refractivity contribution is 5.83. The van der Waals surface area contributed by atoms with Crippen molar-refractivity contribution in [3.05, 3.63) is 35.4 Å². The lowest BCUT2D eigenvalue weighted by Gasteiger charge is -2.25. The minimum atomic E-state index is -0.258. The Morgan fingerprint density at radius 2 is 1.95 bits per heavy atom. The topological polar surface area (TPSA) is 41.1 Å². The Balaban J connectivity index is 1.96. The maximum atomic E-state index is 12.4. The Morgan fingerprint density at radius 1 is 1.29 bits per heavy atom. The van der Waals surface area contributed by atoms with Crippen molar-refractivity contribution >= 4 is 5.91 Å². The van der Waals surface area contributed by atoms with Gasteiger partial charge < -0.3 is 10.6 Å². The summed E-state index contributed by atoms with van der Waals surface area (Å²) in [6, 6.07) is 8.69. The molecule has 0 saturated carbocycles. The zero-order valence-corrected chi connectivity index (χ0v) is 13.7. The fraction of sp³-hybridized carbons (Fsp3) is 0.611. The predicted molar refractivity (Wildman–Crippen MR) is 87.1 cm³/mol. The number of hydrogen-bond donors (Lipinski definition) is 2. The van der Waals surface area contributed by atoms with E-state index in [1.54, 1.807) is 0 Å². The van der Waals surface area contributed by atoms with Crippen molar-refractivity contribution < 1.29 is 4.79 Å². The molecule has 0 spiro atoms. The van der Waals surface area contributed by atoms with Crippen LogP contribution in [0.4, 0.5) is 0 Å². The molecule has 3 heteroatoms. The van der Waals surface area contributed by atoms with Crippen LogP contribution < -0.4 is 10.6 Å². The van der Waals surface area contributed by atoms with E-state index in [0.717, 1.165) is 25.9 Å². The lowest BCUT2D eigenvalue weighted by molar-refractivity contribution is -0.129. The molecule has 2 N–H and O–H groups in total. The van der Waals surface area contributed by atoms with Crippen LogP contribution in [0.3, 0.4) is 0 Å². The molecule has 1 amide bonds. The van der Waals surface area contributed by atoms with Gasteiger partial charge in [-0.15, -0.1) is 0 Å². The Morgan fingerprint density at radius 3 is 2.48 bits per heavy atom. The van der Waals surface area contributed by atoms with Gasteiger partial charge in [-0.3, -0.25) is 4.79 Å². The van der Waals surface area contributed by atoms with Crippen molar-refractivity contribution in [1.29, 1.82) is 0 Å². The molecule has 1 aliphatic heterocycles. The number of carbonyl (C=O) groups excluding carboxylic acids is 1. The molecule has 2 atom stereocenters. The van der Waals surface area contributed by atoms with Crippen molar-refractivity contribution in [3.63, 3.8) is 0 Å². The molecular formula is C18H28N2O. The molecule has 116 valence electrons. The molecular weight excluding hydrogens is 260 g/mol. The largest absolute Gasteiger partial charge is 0.349 e. The normalized spacial score (nSPS) is 23.3. The van der Waals surface area contributed by atoms with Crippen LogP contribution in [0.5, 0.6) is 0 Å². The van der Waals surface area contributed by atoms with Gasteiger partial charge in [-0.25, -0.2) is 0 Å². The van der Waals surface area contributed by atoms with E-state index in [0.29, 0.717) is 5.92 Å². The maximum absolute atomic E-state index is 12.4. The van der Waals surface area contributed by atoms with Crippen LogP contribution in [0.25, 0.3) is 0 Å². The molecule has 1 aromatic rings. The molecule has 0 aliphatic carbocycles. The van der Waals surface area contributed by atoms with E-state index in [9.17, 15) is 4.79 Å². The first-order chi connectivity index (χ1) is 9.90. The zero-order valence-electron chi connectivity index (χ0n) is 13.7. The second-order valence-corrected chi connectivity index (χ2v) is 7.02. The van der Waals surface area contributed by atoms with Crippen molar-refractivity contribution in [2.24, 2.45) is 11.3 Å². The van der Waals surface area contributed by atoms with Gasteiger partial charge in [0, 0.05) is 6.54 Å². The first kappa shape index (κ1) is 16.0. The summed E-state index contributed by atoms with van der Waals surface area (Å²) >= 11 is 0. The fourth-order valence-electron chi connectivity index (χ4n) is 2.88. The SMILES string of the molecule is CC(C)Cc1ccc(C(C)NC(=O)C2(C)CCNC2)cc1. The smallest absolute Gasteiger partial charge is 0.227 e. The summed E-state index contributed by atoms with van der Waals surface area (Å²) in [4.78, 5) is 12.4. The van der Waals surface area contributed by atoms with Gasteiger partial charge in [0.15, 0.2) is 0 Å². The Labute approximate surface area is 128 Å². The van der Waals surface area contributed by atoms with Gasteiger partial charge in [-0.1, -0.05) is 38.1 Å². The van der Waals surface area contributed by atoms with E-state index < -0.39 is 0 Å². The van der Waals surface area contributed by atoms with Gasteiger partial charge in [-0.05, 0) is 50.3 Å². The highest BCUT2D eigenvalue weighted by atomic mass is 16.2. The molecule has 0 bridgehead atoms. The number of amides is 1. The second kappa shape index (κ2) is 6.61. The molecule has 0 radical (unpaired) electrons. The van der Waals surface area contributed by atoms with Crippen molar-refractivity contribution in [2.75, 3.05) is 13.1 Å². The number of hydrogen-bond acceptors (Lipinski definition) is 2. The van der Waals surface area contributed by atoms with E-state index in [-0.39, 0.29) is 17.4 Å². The molecule has 1 saturated heterocycles. The van der Waals surface area contributed by atoms with Crippen LogP contribution in [-0.4, -0.2) is 19.0 Å². The van der Waals surface area contributed by atoms with Gasteiger partial charge in [0.05, 0.1) is 11.5 Å². The average Bonchev–Trinajstić information content (AvgIpc) is 2.87. The van der Waals surface area contributed by atoms with E-state index in [1.807, 2.05) is 6.92 Å². The standard InChI is InChI=1S/C18H28N2O/c1-13(2)11-15-5-7-16(8-6-15)14(3)20-17(21)18(4)9-10-19-12-18/h5-8,13-14,19H,9-12H2,1-4H3,(H,20,21). The van der Waals surface area contributed by atoms with Crippen LogP contribution in [0, 0.1) is 11.3 Å². The second-order valence-electron chi connectivity index (χ2n) is 7.02. The summed E-state index contributed by atoms with van der Waals surface area (Å²) in [5.74, 6) is 0.828. The summed E-state index contributed by atoms with van der Waals surface area (Å²) in [6.45, 7) is 10.3. The minimum absolute atomic E-state index is 0.0584. The summed E-state index contributed by atoms with van der Waals surface area (Å²) < 4.78 is 0. The molecule has 0 aromatic heterocycles. The van der Waals surface area contributed by atoms with E-state index in [4.69, 9.17) is 0 Å². The first-order valence-corrected chi connectivity index (χ1v) is 8.01. The van der Waals surface area contributed by atoms with Crippen LogP contribution in [0.1, 0.15) is 51.3 Å². The quantitative estimate of drug-likeness (QED) is 0.874. The Hall–Kier alpha value is -1.35. The van der Waals surface area contributed by atoms with Crippen LogP contribution in [0.15, 0.2) is 24.3 Å². The Kier molecular flexibility index (Phi) is 5.04. The molecule has 1 aliphatic rings. The van der Waals surface area contributed by atoms with E-state index in [2.05, 4.69) is 55.7 Å². The van der Waals surface area contributed by atoms with Crippen molar-refractivity contribution in [1.82, 2.24) is 10.6 Å². The Bertz CT molecular complexity index is 472. The molecule has 1 fully saturated rings. The maximum Gasteiger partial charge on any atom is 0.227 e. The van der Waals surface area contributed by atoms with Crippen LogP contribution in [-0.2, 0) is 11.2 Å². The number of nitrogens with one attached hydrogen (secondary N) is 2. The van der Waals surface area contributed by atoms with Gasteiger partial charge in [0.25, 0.3) is 0 Å². The molecule has 2 unspecified atom stereocenters. The summed E-state index contributed by atoms with van der Waals surface area (Å²) in [6.07, 6.45) is 2.02. The predicted octanol–water partition coefficient (Wildman–Crippen LogP) is 3.06. The number of rotatable bonds is 5. The van der Waals surface area contributed by atoms with Gasteiger partial charge in [-0.2, -0.15) is 0 Å². The van der Waals surface area contributed by atoms with Crippen molar-refractivity contribution in [2.45, 2.75) is 46.6 Å². The van der Waals surface area contributed by atoms with Crippen molar-refractivity contribution in [3.8, 4) is 0 Å². The van der Waals surface area contributed by atoms with E-state index in [1.165, 1.54) is 11.1 Å². The highest BCUT2D eigenvalue weighted by Crippen LogP contribution is 2.26. The number of carbonyl (C=O) groups is 1. The average molecular weight is 288 g/mol. The summed E-state index contributed by atoms with van der Waals surface area (Å²) in [5.41, 5.74) is 2.27. The van der Waals surface area contributed by atoms with Gasteiger partial charge >= 0.3 is 0 Å². The van der Waals surface area contributed by atoms with Crippen LogP contribution >= 0.6 is 0 Å². The highest BCUT2D eigenvalue weighted by Gasteiger charge is 2.36. The molecule has 3 nitrogen and oxygen atoms in total. The summed E-state index contributed by atoms with van der Waals surface area (Å²) in [7, 11) is 0. The summed E-state index contributed by atoms with van der Waals surface area (Å²) in [5, 5.41) is 6.43. The molecule has 1 heterocycles. The minimum Gasteiger partial charge on any atom is -0.349 e. The molecule has 1 aromatic carbocycles. The van der Waals surface area contributed by atoms with Gasteiger partial charge in [0.2, 0.25) is 5.91 Å². The third-order valence-corrected chi connectivity index (χ3v) is 4.39. The lowest BCUT2D eigenvalue weighted by atomic mass is 9.88. The monoisotopic (exact) mass is 288 g/mol. The van der Waals surface area contributed by atoms with Gasteiger partial charge in [0.1, 0.15) is 0 Å². The molecule has 2 rings (SSSR count). The molecule has 21 heavy (non-hydrogen) atoms. The number of benzene rings is 1. The third kappa shape index (κ3) is 4.07. The third-order valence-electron chi connectivity index (χ3n) is 4.39. The lowest BCUT2D eigenvalue weighted by Crippen LogP contribution is -2.41. The van der Waals surface area contributed by atoms with Crippen LogP contribution in [0.2, 0.25) is 0 Å². The first-order valence-electron chi connectivity index (χ1n) is 8.01. The zero-order chi connectivity index (χ0) is 15.5.